The molecule has 0 aromatic heterocycles. The minimum atomic E-state index is -0.458. The molecule has 0 amide bonds. The summed E-state index contributed by atoms with van der Waals surface area (Å²) < 4.78 is 0. The third-order valence-electron chi connectivity index (χ3n) is 0.865. The summed E-state index contributed by atoms with van der Waals surface area (Å²) in [5.41, 5.74) is -0.458. The SMILES string of the molecule is CCC(C)(C)O.[BiH3]. The Balaban J connectivity index is 0. The molecule has 7 heavy (non-hydrogen) atoms. The predicted octanol–water partition coefficient (Wildman–Crippen LogP) is -0.0166. The Kier molecular flexibility index (Phi) is 5.84. The van der Waals surface area contributed by atoms with Gasteiger partial charge in [0.1, 0.15) is 0 Å². The van der Waals surface area contributed by atoms with Gasteiger partial charge in [-0.3, -0.25) is 0 Å². The first kappa shape index (κ1) is 10.8. The molecule has 0 aromatic carbocycles. The van der Waals surface area contributed by atoms with E-state index < -0.39 is 5.60 Å². The summed E-state index contributed by atoms with van der Waals surface area (Å²) in [5.74, 6) is 0. The Morgan fingerprint density at radius 2 is 1.57 bits per heavy atom. The van der Waals surface area contributed by atoms with Gasteiger partial charge in [-0.15, -0.1) is 0 Å². The van der Waals surface area contributed by atoms with Crippen LogP contribution in [0.5, 0.6) is 0 Å². The van der Waals surface area contributed by atoms with E-state index in [0.717, 1.165) is 6.42 Å². The van der Waals surface area contributed by atoms with E-state index in [1.807, 2.05) is 6.92 Å². The van der Waals surface area contributed by atoms with Gasteiger partial charge in [0.15, 0.2) is 0 Å². The van der Waals surface area contributed by atoms with E-state index in [1.165, 1.54) is 0 Å². The van der Waals surface area contributed by atoms with Crippen molar-refractivity contribution < 1.29 is 5.11 Å². The van der Waals surface area contributed by atoms with Crippen LogP contribution in [0.4, 0.5) is 0 Å². The first-order valence-corrected chi connectivity index (χ1v) is 2.28. The van der Waals surface area contributed by atoms with Crippen LogP contribution in [0.3, 0.4) is 0 Å². The normalized spacial score (nSPS) is 10.3. The van der Waals surface area contributed by atoms with Gasteiger partial charge < -0.3 is 5.11 Å². The van der Waals surface area contributed by atoms with Crippen molar-refractivity contribution in [3.8, 4) is 0 Å². The first-order valence-electron chi connectivity index (χ1n) is 2.28. The van der Waals surface area contributed by atoms with Gasteiger partial charge in [0.05, 0.1) is 5.60 Å². The van der Waals surface area contributed by atoms with Crippen LogP contribution in [-0.2, 0) is 0 Å². The first-order chi connectivity index (χ1) is 2.56. The van der Waals surface area contributed by atoms with Gasteiger partial charge in [-0.1, -0.05) is 6.92 Å². The summed E-state index contributed by atoms with van der Waals surface area (Å²) in [7, 11) is 0. The van der Waals surface area contributed by atoms with Crippen LogP contribution in [-0.4, -0.2) is 36.9 Å². The molecule has 0 aliphatic rings. The van der Waals surface area contributed by atoms with E-state index in [4.69, 9.17) is 5.11 Å². The quantitative estimate of drug-likeness (QED) is 0.675. The molecule has 1 nitrogen and oxygen atoms in total. The van der Waals surface area contributed by atoms with Gasteiger partial charge in [-0.25, -0.2) is 0 Å². The summed E-state index contributed by atoms with van der Waals surface area (Å²) in [6, 6.07) is 0. The van der Waals surface area contributed by atoms with Crippen molar-refractivity contribution >= 4 is 26.2 Å². The molecule has 2 heteroatoms. The molecule has 0 spiro atoms. The molecule has 0 heterocycles. The van der Waals surface area contributed by atoms with E-state index in [0.29, 0.717) is 0 Å². The minimum absolute atomic E-state index is 0. The summed E-state index contributed by atoms with van der Waals surface area (Å²) in [4.78, 5) is 0. The van der Waals surface area contributed by atoms with Crippen LogP contribution >= 0.6 is 0 Å². The summed E-state index contributed by atoms with van der Waals surface area (Å²) >= 11 is 0. The zero-order valence-corrected chi connectivity index (χ0v) is 10.9. The maximum absolute atomic E-state index is 8.83. The molecule has 0 unspecified atom stereocenters. The molecule has 0 aromatic rings. The molecule has 0 atom stereocenters. The van der Waals surface area contributed by atoms with Gasteiger partial charge in [0, 0.05) is 0 Å². The average Bonchev–Trinajstić information content (AvgIpc) is 1.35. The van der Waals surface area contributed by atoms with E-state index in [-0.39, 0.29) is 26.2 Å². The molecule has 0 radical (unpaired) electrons. The van der Waals surface area contributed by atoms with Crippen LogP contribution in [0.25, 0.3) is 0 Å². The fourth-order valence-corrected chi connectivity index (χ4v) is 0. The van der Waals surface area contributed by atoms with Gasteiger partial charge >= 0.3 is 26.2 Å². The van der Waals surface area contributed by atoms with Gasteiger partial charge in [0.2, 0.25) is 0 Å². The van der Waals surface area contributed by atoms with Crippen molar-refractivity contribution in [2.45, 2.75) is 32.8 Å². The third-order valence-corrected chi connectivity index (χ3v) is 0.865. The Labute approximate surface area is 64.2 Å². The number of rotatable bonds is 1. The molecule has 0 saturated heterocycles. The fourth-order valence-electron chi connectivity index (χ4n) is 0. The molecular formula is C5H15BiO. The van der Waals surface area contributed by atoms with E-state index in [2.05, 4.69) is 0 Å². The molecular weight excluding hydrogens is 285 g/mol. The van der Waals surface area contributed by atoms with Crippen LogP contribution in [0, 0.1) is 0 Å². The van der Waals surface area contributed by atoms with Crippen LogP contribution in [0.15, 0.2) is 0 Å². The van der Waals surface area contributed by atoms with Gasteiger partial charge in [-0.05, 0) is 20.3 Å². The molecule has 0 bridgehead atoms. The fraction of sp³-hybridized carbons (Fsp3) is 1.00. The molecule has 0 aliphatic carbocycles. The molecule has 0 saturated carbocycles. The standard InChI is InChI=1S/C5H12O.Bi.3H/c1-4-5(2,3)6;;;;/h6H,4H2,1-3H3;;;;. The van der Waals surface area contributed by atoms with E-state index in [1.54, 1.807) is 13.8 Å². The Morgan fingerprint density at radius 3 is 1.57 bits per heavy atom. The molecule has 46 valence electrons. The van der Waals surface area contributed by atoms with Crippen LogP contribution < -0.4 is 0 Å². The van der Waals surface area contributed by atoms with E-state index >= 15 is 0 Å². The second-order valence-electron chi connectivity index (χ2n) is 2.17. The van der Waals surface area contributed by atoms with Gasteiger partial charge in [-0.2, -0.15) is 0 Å². The maximum atomic E-state index is 8.83. The van der Waals surface area contributed by atoms with Crippen LogP contribution in [0.2, 0.25) is 0 Å². The number of hydrogen-bond acceptors (Lipinski definition) is 1. The third kappa shape index (κ3) is 10.9. The Morgan fingerprint density at radius 1 is 1.43 bits per heavy atom. The topological polar surface area (TPSA) is 20.2 Å². The number of aliphatic hydroxyl groups is 1. The van der Waals surface area contributed by atoms with Crippen molar-refractivity contribution in [1.82, 2.24) is 0 Å². The van der Waals surface area contributed by atoms with Crippen molar-refractivity contribution in [1.29, 1.82) is 0 Å². The van der Waals surface area contributed by atoms with Crippen molar-refractivity contribution in [3.63, 3.8) is 0 Å². The zero-order chi connectivity index (χ0) is 5.21. The monoisotopic (exact) mass is 300 g/mol. The van der Waals surface area contributed by atoms with Crippen molar-refractivity contribution in [2.24, 2.45) is 0 Å². The molecule has 0 aliphatic heterocycles. The van der Waals surface area contributed by atoms with Crippen LogP contribution in [0.1, 0.15) is 27.2 Å². The summed E-state index contributed by atoms with van der Waals surface area (Å²) in [5, 5.41) is 8.83. The second kappa shape index (κ2) is 3.80. The molecule has 0 fully saturated rings. The van der Waals surface area contributed by atoms with Crippen molar-refractivity contribution in [2.75, 3.05) is 0 Å². The Hall–Kier alpha value is 0.843. The second-order valence-corrected chi connectivity index (χ2v) is 2.17. The number of hydrogen-bond donors (Lipinski definition) is 1. The Bertz CT molecular complexity index is 37.8. The molecule has 1 N–H and O–H groups in total. The van der Waals surface area contributed by atoms with Gasteiger partial charge in [0.25, 0.3) is 0 Å². The zero-order valence-electron chi connectivity index (χ0n) is 5.36. The summed E-state index contributed by atoms with van der Waals surface area (Å²) in [6.07, 6.45) is 0.826. The molecule has 0 rings (SSSR count). The van der Waals surface area contributed by atoms with Crippen molar-refractivity contribution in [3.05, 3.63) is 0 Å². The summed E-state index contributed by atoms with van der Waals surface area (Å²) in [6.45, 7) is 5.56. The predicted molar refractivity (Wildman–Crippen MR) is 36.5 cm³/mol. The van der Waals surface area contributed by atoms with E-state index in [9.17, 15) is 0 Å². The average molecular weight is 300 g/mol.